The molecule has 0 aromatic carbocycles. The van der Waals surface area contributed by atoms with E-state index in [9.17, 15) is 0 Å². The molecule has 0 fully saturated rings. The van der Waals surface area contributed by atoms with Crippen molar-refractivity contribution in [1.82, 2.24) is 0 Å². The van der Waals surface area contributed by atoms with Crippen LogP contribution in [0.15, 0.2) is 0 Å². The maximum atomic E-state index is 5.37. The fourth-order valence-corrected chi connectivity index (χ4v) is 0.606. The maximum Gasteiger partial charge on any atom is 0.0232 e. The largest absolute Gasteiger partial charge is 0.127 e. The molecule has 0 unspecified atom stereocenters. The molecule has 0 aromatic heterocycles. The lowest BCUT2D eigenvalue weighted by molar-refractivity contribution is 0.992. The summed E-state index contributed by atoms with van der Waals surface area (Å²) in [5.41, 5.74) is 0. The van der Waals surface area contributed by atoms with Crippen molar-refractivity contribution < 1.29 is 0 Å². The highest BCUT2D eigenvalue weighted by Gasteiger charge is 1.74. The van der Waals surface area contributed by atoms with Crippen molar-refractivity contribution in [3.05, 3.63) is 0 Å². The molecular weight excluding hydrogens is 218 g/mol. The lowest BCUT2D eigenvalue weighted by Gasteiger charge is -1.78. The van der Waals surface area contributed by atoms with Gasteiger partial charge in [0.15, 0.2) is 0 Å². The van der Waals surface area contributed by atoms with Gasteiger partial charge in [0.1, 0.15) is 0 Å². The Balaban J connectivity index is 2.78. The van der Waals surface area contributed by atoms with Crippen molar-refractivity contribution in [2.24, 2.45) is 0 Å². The van der Waals surface area contributed by atoms with Crippen LogP contribution in [0.25, 0.3) is 0 Å². The van der Waals surface area contributed by atoms with Crippen molar-refractivity contribution in [3.63, 3.8) is 0 Å². The second-order valence-electron chi connectivity index (χ2n) is 1.06. The average molecular weight is 224 g/mol. The van der Waals surface area contributed by atoms with Crippen LogP contribution in [0.4, 0.5) is 0 Å². The number of hydrogen-bond donors (Lipinski definition) is 0. The highest BCUT2D eigenvalue weighted by atomic mass is 123. The van der Waals surface area contributed by atoms with Crippen molar-refractivity contribution in [2.75, 3.05) is 5.88 Å². The quantitative estimate of drug-likeness (QED) is 0.292. The second kappa shape index (κ2) is 6.58. The number of alkyl halides is 1. The van der Waals surface area contributed by atoms with Gasteiger partial charge in [-0.05, 0) is 10.3 Å². The number of halogens is 2. The van der Waals surface area contributed by atoms with Crippen molar-refractivity contribution >= 4 is 34.2 Å². The third kappa shape index (κ3) is 6.58. The minimum absolute atomic E-state index is 0.728. The third-order valence-corrected chi connectivity index (χ3v) is 1.15. The summed E-state index contributed by atoms with van der Waals surface area (Å²) in [5.74, 6) is 3.63. The Bertz CT molecular complexity index is 79.8. The van der Waals surface area contributed by atoms with Crippen molar-refractivity contribution in [3.8, 4) is 9.85 Å². The van der Waals surface area contributed by atoms with Gasteiger partial charge >= 0.3 is 0 Å². The molecule has 0 radical (unpaired) electrons. The Morgan fingerprint density at radius 2 is 2.29 bits per heavy atom. The summed E-state index contributed by atoms with van der Waals surface area (Å²) in [5, 5.41) is 0. The minimum Gasteiger partial charge on any atom is -0.127 e. The fourth-order valence-electron chi connectivity index (χ4n) is 0.202. The first kappa shape index (κ1) is 7.58. The summed E-state index contributed by atoms with van der Waals surface area (Å²) < 4.78 is 2.76. The molecule has 0 aliphatic heterocycles. The zero-order valence-corrected chi connectivity index (χ0v) is 6.79. The van der Waals surface area contributed by atoms with Gasteiger partial charge in [-0.25, -0.2) is 0 Å². The second-order valence-corrected chi connectivity index (χ2v) is 1.98. The van der Waals surface area contributed by atoms with Crippen LogP contribution in [-0.2, 0) is 0 Å². The van der Waals surface area contributed by atoms with Crippen LogP contribution in [0.3, 0.4) is 0 Å². The van der Waals surface area contributed by atoms with Gasteiger partial charge in [-0.15, -0.1) is 11.6 Å². The monoisotopic (exact) mass is 224 g/mol. The Morgan fingerprint density at radius 3 is 2.71 bits per heavy atom. The van der Waals surface area contributed by atoms with Crippen LogP contribution < -0.4 is 0 Å². The van der Waals surface area contributed by atoms with E-state index in [1.165, 1.54) is 0 Å². The summed E-state index contributed by atoms with van der Waals surface area (Å²) in [4.78, 5) is 0. The van der Waals surface area contributed by atoms with E-state index in [0.717, 1.165) is 18.7 Å². The van der Waals surface area contributed by atoms with Crippen LogP contribution in [0, 0.1) is 9.85 Å². The zero-order valence-electron chi connectivity index (χ0n) is 3.88. The summed E-state index contributed by atoms with van der Waals surface area (Å²) in [6.45, 7) is 0. The van der Waals surface area contributed by atoms with Crippen LogP contribution in [0.5, 0.6) is 0 Å². The molecule has 0 N–H and O–H groups in total. The predicted octanol–water partition coefficient (Wildman–Crippen LogP) is 2.40. The Morgan fingerprint density at radius 1 is 1.57 bits per heavy atom. The van der Waals surface area contributed by atoms with E-state index in [-0.39, 0.29) is 0 Å². The first-order valence-corrected chi connectivity index (χ1v) is 3.67. The lowest BCUT2D eigenvalue weighted by Crippen LogP contribution is -1.68. The molecule has 0 rings (SSSR count). The summed E-state index contributed by atoms with van der Waals surface area (Å²) in [6, 6.07) is 0. The SMILES string of the molecule is ClCCCC#C[123I]. The molecule has 7 heavy (non-hydrogen) atoms. The van der Waals surface area contributed by atoms with Crippen LogP contribution in [-0.4, -0.2) is 5.88 Å². The molecule has 40 valence electrons. The molecule has 0 aliphatic rings. The van der Waals surface area contributed by atoms with E-state index in [0.29, 0.717) is 0 Å². The molecule has 0 aliphatic carbocycles. The number of unbranched alkanes of at least 4 members (excludes halogenated alkanes) is 1. The third-order valence-electron chi connectivity index (χ3n) is 0.502. The van der Waals surface area contributed by atoms with Gasteiger partial charge in [-0.3, -0.25) is 0 Å². The molecule has 0 spiro atoms. The van der Waals surface area contributed by atoms with Gasteiger partial charge in [0.2, 0.25) is 0 Å². The first-order valence-electron chi connectivity index (χ1n) is 2.06. The van der Waals surface area contributed by atoms with E-state index >= 15 is 0 Å². The molecule has 0 saturated carbocycles. The van der Waals surface area contributed by atoms with Crippen molar-refractivity contribution in [1.29, 1.82) is 0 Å². The van der Waals surface area contributed by atoms with E-state index in [4.69, 9.17) is 11.6 Å². The van der Waals surface area contributed by atoms with Crippen LogP contribution in [0.1, 0.15) is 12.8 Å². The smallest absolute Gasteiger partial charge is 0.0232 e. The molecular formula is C5H6ClI. The summed E-state index contributed by atoms with van der Waals surface area (Å²) >= 11 is 7.39. The zero-order chi connectivity index (χ0) is 5.54. The molecule has 0 nitrogen and oxygen atoms in total. The molecule has 0 atom stereocenters. The normalized spacial score (nSPS) is 7.14. The topological polar surface area (TPSA) is 0 Å². The van der Waals surface area contributed by atoms with Gasteiger partial charge in [0, 0.05) is 34.9 Å². The molecule has 0 amide bonds. The average Bonchev–Trinajstić information content (AvgIpc) is 1.69. The van der Waals surface area contributed by atoms with Gasteiger partial charge in [0.05, 0.1) is 0 Å². The first-order chi connectivity index (χ1) is 3.41. The molecule has 2 heteroatoms. The predicted molar refractivity (Wildman–Crippen MR) is 41.8 cm³/mol. The van der Waals surface area contributed by atoms with Crippen molar-refractivity contribution in [2.45, 2.75) is 12.8 Å². The van der Waals surface area contributed by atoms with E-state index < -0.39 is 0 Å². The van der Waals surface area contributed by atoms with E-state index in [1.54, 1.807) is 0 Å². The standard InChI is InChI=1S/C5H6ClI/c6-4-2-1-3-5-7/h1-2,4H2/i7-4. The Kier molecular flexibility index (Phi) is 7.13. The molecule has 0 heterocycles. The lowest BCUT2D eigenvalue weighted by atomic mass is 10.4. The van der Waals surface area contributed by atoms with Gasteiger partial charge in [-0.1, -0.05) is 5.92 Å². The highest BCUT2D eigenvalue weighted by molar-refractivity contribution is 14.1. The van der Waals surface area contributed by atoms with Crippen LogP contribution >= 0.6 is 34.2 Å². The van der Waals surface area contributed by atoms with Gasteiger partial charge in [-0.2, -0.15) is 0 Å². The molecule has 0 bridgehead atoms. The molecule has 0 saturated heterocycles. The number of hydrogen-bond acceptors (Lipinski definition) is 0. The van der Waals surface area contributed by atoms with Gasteiger partial charge in [0.25, 0.3) is 0 Å². The van der Waals surface area contributed by atoms with Gasteiger partial charge < -0.3 is 0 Å². The summed E-state index contributed by atoms with van der Waals surface area (Å²) in [6.07, 6.45) is 1.95. The van der Waals surface area contributed by atoms with Crippen LogP contribution in [0.2, 0.25) is 0 Å². The van der Waals surface area contributed by atoms with E-state index in [1.807, 2.05) is 22.6 Å². The highest BCUT2D eigenvalue weighted by Crippen LogP contribution is 1.88. The number of rotatable bonds is 2. The molecule has 0 aromatic rings. The minimum atomic E-state index is 0.728. The van der Waals surface area contributed by atoms with E-state index in [2.05, 4.69) is 9.85 Å². The Hall–Kier alpha value is 0.580. The fraction of sp³-hybridized carbons (Fsp3) is 0.600. The maximum absolute atomic E-state index is 5.37. The Labute approximate surface area is 62.8 Å². The summed E-state index contributed by atoms with van der Waals surface area (Å²) in [7, 11) is 0.